The van der Waals surface area contributed by atoms with Crippen LogP contribution in [0.25, 0.3) is 0 Å². The minimum atomic E-state index is -1.73. The summed E-state index contributed by atoms with van der Waals surface area (Å²) in [6, 6.07) is 10.3. The van der Waals surface area contributed by atoms with Crippen LogP contribution in [0.3, 0.4) is 0 Å². The molecule has 21 heavy (non-hydrogen) atoms. The molecule has 0 amide bonds. The van der Waals surface area contributed by atoms with Gasteiger partial charge < -0.3 is 13.9 Å². The van der Waals surface area contributed by atoms with E-state index in [-0.39, 0.29) is 17.2 Å². The fraction of sp³-hybridized carbons (Fsp3) is 0.647. The van der Waals surface area contributed by atoms with Crippen LogP contribution in [0.5, 0.6) is 0 Å². The number of benzene rings is 1. The van der Waals surface area contributed by atoms with Gasteiger partial charge in [-0.05, 0) is 23.7 Å². The van der Waals surface area contributed by atoms with E-state index in [2.05, 4.69) is 46.0 Å². The van der Waals surface area contributed by atoms with Crippen molar-refractivity contribution in [3.63, 3.8) is 0 Å². The van der Waals surface area contributed by atoms with Gasteiger partial charge in [-0.15, -0.1) is 0 Å². The highest BCUT2D eigenvalue weighted by atomic mass is 28.4. The molecule has 0 aromatic heterocycles. The molecule has 0 aliphatic carbocycles. The molecule has 1 aromatic rings. The average Bonchev–Trinajstić information content (AvgIpc) is 3.23. The van der Waals surface area contributed by atoms with Crippen molar-refractivity contribution in [3.8, 4) is 0 Å². The van der Waals surface area contributed by atoms with Gasteiger partial charge in [-0.3, -0.25) is 0 Å². The van der Waals surface area contributed by atoms with Crippen molar-refractivity contribution in [2.75, 3.05) is 13.2 Å². The summed E-state index contributed by atoms with van der Waals surface area (Å²) in [7, 11) is -1.73. The maximum atomic E-state index is 6.28. The number of rotatable bonds is 7. The van der Waals surface area contributed by atoms with Gasteiger partial charge in [0.1, 0.15) is 12.2 Å². The van der Waals surface area contributed by atoms with Crippen molar-refractivity contribution in [1.82, 2.24) is 0 Å². The molecule has 0 bridgehead atoms. The normalized spacial score (nSPS) is 20.3. The molecule has 1 aliphatic heterocycles. The lowest BCUT2D eigenvalue weighted by Crippen LogP contribution is -2.43. The maximum absolute atomic E-state index is 6.28. The third-order valence-electron chi connectivity index (χ3n) is 4.50. The van der Waals surface area contributed by atoms with Gasteiger partial charge in [0.2, 0.25) is 0 Å². The summed E-state index contributed by atoms with van der Waals surface area (Å²) < 4.78 is 17.7. The SMILES string of the molecule is CC(C)(C)[Si](C)(C)OC[C@H](OCc1ccccc1)[C@H]1CO1. The average molecular weight is 308 g/mol. The standard InChI is InChI=1S/C17H28O3Si/c1-17(2,3)21(4,5)20-13-16(15-12-19-15)18-11-14-9-7-6-8-10-14/h6-10,15-16H,11-13H2,1-5H3/t15-,16+/m1/s1. The van der Waals surface area contributed by atoms with E-state index < -0.39 is 8.32 Å². The van der Waals surface area contributed by atoms with Crippen molar-refractivity contribution < 1.29 is 13.9 Å². The minimum Gasteiger partial charge on any atom is -0.414 e. The molecule has 0 spiro atoms. The van der Waals surface area contributed by atoms with Crippen molar-refractivity contribution in [1.29, 1.82) is 0 Å². The molecule has 2 rings (SSSR count). The van der Waals surface area contributed by atoms with Crippen LogP contribution in [0, 0.1) is 0 Å². The molecule has 2 atom stereocenters. The summed E-state index contributed by atoms with van der Waals surface area (Å²) in [6.45, 7) is 13.4. The van der Waals surface area contributed by atoms with E-state index in [1.54, 1.807) is 0 Å². The fourth-order valence-corrected chi connectivity index (χ4v) is 2.83. The highest BCUT2D eigenvalue weighted by Crippen LogP contribution is 2.37. The quantitative estimate of drug-likeness (QED) is 0.563. The Morgan fingerprint density at radius 1 is 1.24 bits per heavy atom. The van der Waals surface area contributed by atoms with Crippen LogP contribution in [0.1, 0.15) is 26.3 Å². The lowest BCUT2D eigenvalue weighted by molar-refractivity contribution is -0.00986. The van der Waals surface area contributed by atoms with Gasteiger partial charge in [-0.25, -0.2) is 0 Å². The monoisotopic (exact) mass is 308 g/mol. The molecular weight excluding hydrogens is 280 g/mol. The van der Waals surface area contributed by atoms with Crippen LogP contribution < -0.4 is 0 Å². The molecule has 1 saturated heterocycles. The number of ether oxygens (including phenoxy) is 2. The second-order valence-electron chi connectivity index (χ2n) is 7.28. The van der Waals surface area contributed by atoms with Crippen molar-refractivity contribution in [3.05, 3.63) is 35.9 Å². The van der Waals surface area contributed by atoms with Crippen LogP contribution in [0.2, 0.25) is 18.1 Å². The summed E-state index contributed by atoms with van der Waals surface area (Å²) in [6.07, 6.45) is 0.248. The predicted molar refractivity (Wildman–Crippen MR) is 87.9 cm³/mol. The first-order valence-corrected chi connectivity index (χ1v) is 10.6. The van der Waals surface area contributed by atoms with E-state index in [1.807, 2.05) is 18.2 Å². The second kappa shape index (κ2) is 6.61. The number of hydrogen-bond donors (Lipinski definition) is 0. The Kier molecular flexibility index (Phi) is 5.25. The van der Waals surface area contributed by atoms with E-state index in [4.69, 9.17) is 13.9 Å². The molecule has 1 heterocycles. The summed E-state index contributed by atoms with van der Waals surface area (Å²) in [5, 5.41) is 0.224. The van der Waals surface area contributed by atoms with Gasteiger partial charge in [0.05, 0.1) is 19.8 Å². The molecule has 4 heteroatoms. The lowest BCUT2D eigenvalue weighted by atomic mass is 10.2. The van der Waals surface area contributed by atoms with Crippen molar-refractivity contribution >= 4 is 8.32 Å². The van der Waals surface area contributed by atoms with Crippen molar-refractivity contribution in [2.24, 2.45) is 0 Å². The largest absolute Gasteiger partial charge is 0.414 e. The van der Waals surface area contributed by atoms with Crippen LogP contribution in [-0.2, 0) is 20.5 Å². The smallest absolute Gasteiger partial charge is 0.192 e. The molecule has 118 valence electrons. The molecular formula is C17H28O3Si. The van der Waals surface area contributed by atoms with Gasteiger partial charge in [0.25, 0.3) is 0 Å². The fourth-order valence-electron chi connectivity index (χ4n) is 1.82. The Morgan fingerprint density at radius 3 is 2.38 bits per heavy atom. The molecule has 0 unspecified atom stereocenters. The molecule has 0 radical (unpaired) electrons. The first-order valence-electron chi connectivity index (χ1n) is 7.71. The lowest BCUT2D eigenvalue weighted by Gasteiger charge is -2.37. The minimum absolute atomic E-state index is 0.0410. The summed E-state index contributed by atoms with van der Waals surface area (Å²) in [5.41, 5.74) is 1.19. The topological polar surface area (TPSA) is 31.0 Å². The first kappa shape index (κ1) is 16.7. The van der Waals surface area contributed by atoms with Gasteiger partial charge in [0.15, 0.2) is 8.32 Å². The Labute approximate surface area is 129 Å². The Bertz CT molecular complexity index is 435. The van der Waals surface area contributed by atoms with E-state index in [9.17, 15) is 0 Å². The van der Waals surface area contributed by atoms with Crippen molar-refractivity contribution in [2.45, 2.75) is 57.7 Å². The zero-order valence-corrected chi connectivity index (χ0v) is 14.9. The van der Waals surface area contributed by atoms with E-state index in [0.29, 0.717) is 13.2 Å². The van der Waals surface area contributed by atoms with Gasteiger partial charge >= 0.3 is 0 Å². The highest BCUT2D eigenvalue weighted by Gasteiger charge is 2.40. The number of epoxide rings is 1. The van der Waals surface area contributed by atoms with Gasteiger partial charge in [-0.2, -0.15) is 0 Å². The summed E-state index contributed by atoms with van der Waals surface area (Å²) in [5.74, 6) is 0. The van der Waals surface area contributed by atoms with Crippen LogP contribution in [0.15, 0.2) is 30.3 Å². The maximum Gasteiger partial charge on any atom is 0.192 e. The molecule has 1 fully saturated rings. The Balaban J connectivity index is 1.86. The van der Waals surface area contributed by atoms with Crippen LogP contribution in [0.4, 0.5) is 0 Å². The third kappa shape index (κ3) is 4.92. The summed E-state index contributed by atoms with van der Waals surface area (Å²) in [4.78, 5) is 0. The number of hydrogen-bond acceptors (Lipinski definition) is 3. The first-order chi connectivity index (χ1) is 9.79. The molecule has 1 aromatic carbocycles. The second-order valence-corrected chi connectivity index (χ2v) is 12.1. The molecule has 3 nitrogen and oxygen atoms in total. The zero-order valence-electron chi connectivity index (χ0n) is 13.9. The van der Waals surface area contributed by atoms with Gasteiger partial charge in [0, 0.05) is 0 Å². The van der Waals surface area contributed by atoms with Crippen LogP contribution in [-0.4, -0.2) is 33.7 Å². The van der Waals surface area contributed by atoms with E-state index in [1.165, 1.54) is 5.56 Å². The Morgan fingerprint density at radius 2 is 1.86 bits per heavy atom. The predicted octanol–water partition coefficient (Wildman–Crippen LogP) is 3.99. The Hall–Kier alpha value is -0.683. The van der Waals surface area contributed by atoms with E-state index >= 15 is 0 Å². The van der Waals surface area contributed by atoms with Crippen LogP contribution >= 0.6 is 0 Å². The molecule has 0 N–H and O–H groups in total. The van der Waals surface area contributed by atoms with E-state index in [0.717, 1.165) is 6.61 Å². The third-order valence-corrected chi connectivity index (χ3v) is 9.00. The summed E-state index contributed by atoms with van der Waals surface area (Å²) >= 11 is 0. The van der Waals surface area contributed by atoms with Gasteiger partial charge in [-0.1, -0.05) is 51.1 Å². The molecule has 1 aliphatic rings. The zero-order chi connectivity index (χ0) is 15.5. The molecule has 0 saturated carbocycles. The highest BCUT2D eigenvalue weighted by molar-refractivity contribution is 6.74.